The SMILES string of the molecule is COc1cccc(NC(=O)C2CC2C(=O)NCCC(C)C)c1. The molecular weight excluding hydrogens is 280 g/mol. The summed E-state index contributed by atoms with van der Waals surface area (Å²) in [5.74, 6) is 0.745. The van der Waals surface area contributed by atoms with Crippen molar-refractivity contribution in [2.75, 3.05) is 19.0 Å². The summed E-state index contributed by atoms with van der Waals surface area (Å²) in [6.45, 7) is 4.92. The first-order valence-electron chi connectivity index (χ1n) is 7.74. The molecule has 5 nitrogen and oxygen atoms in total. The Hall–Kier alpha value is -2.04. The molecule has 0 saturated heterocycles. The van der Waals surface area contributed by atoms with Crippen LogP contribution in [-0.4, -0.2) is 25.5 Å². The molecule has 0 aromatic heterocycles. The summed E-state index contributed by atoms with van der Waals surface area (Å²) in [7, 11) is 1.58. The highest BCUT2D eigenvalue weighted by atomic mass is 16.5. The van der Waals surface area contributed by atoms with Crippen LogP contribution in [0.2, 0.25) is 0 Å². The van der Waals surface area contributed by atoms with Crippen molar-refractivity contribution >= 4 is 17.5 Å². The summed E-state index contributed by atoms with van der Waals surface area (Å²) >= 11 is 0. The fraction of sp³-hybridized carbons (Fsp3) is 0.529. The van der Waals surface area contributed by atoms with Crippen LogP contribution in [0.1, 0.15) is 26.7 Å². The normalized spacial score (nSPS) is 19.6. The fourth-order valence-electron chi connectivity index (χ4n) is 2.33. The Balaban J connectivity index is 1.79. The minimum atomic E-state index is -0.217. The topological polar surface area (TPSA) is 67.4 Å². The van der Waals surface area contributed by atoms with Gasteiger partial charge in [0.05, 0.1) is 18.9 Å². The van der Waals surface area contributed by atoms with Crippen LogP contribution in [0.5, 0.6) is 5.75 Å². The van der Waals surface area contributed by atoms with E-state index in [0.717, 1.165) is 6.42 Å². The van der Waals surface area contributed by atoms with Crippen molar-refractivity contribution in [3.63, 3.8) is 0 Å². The van der Waals surface area contributed by atoms with Crippen LogP contribution in [0.4, 0.5) is 5.69 Å². The third-order valence-corrected chi connectivity index (χ3v) is 3.82. The third kappa shape index (κ3) is 4.48. The fourth-order valence-corrected chi connectivity index (χ4v) is 2.33. The van der Waals surface area contributed by atoms with E-state index in [-0.39, 0.29) is 23.7 Å². The lowest BCUT2D eigenvalue weighted by Gasteiger charge is -2.08. The van der Waals surface area contributed by atoms with E-state index in [0.29, 0.717) is 30.3 Å². The first-order valence-corrected chi connectivity index (χ1v) is 7.74. The van der Waals surface area contributed by atoms with E-state index in [4.69, 9.17) is 4.74 Å². The summed E-state index contributed by atoms with van der Waals surface area (Å²) in [6.07, 6.45) is 1.59. The molecule has 2 atom stereocenters. The van der Waals surface area contributed by atoms with Gasteiger partial charge in [-0.2, -0.15) is 0 Å². The van der Waals surface area contributed by atoms with Crippen LogP contribution < -0.4 is 15.4 Å². The van der Waals surface area contributed by atoms with Crippen LogP contribution in [0.3, 0.4) is 0 Å². The van der Waals surface area contributed by atoms with Gasteiger partial charge < -0.3 is 15.4 Å². The zero-order chi connectivity index (χ0) is 16.1. The van der Waals surface area contributed by atoms with Crippen molar-refractivity contribution in [3.05, 3.63) is 24.3 Å². The molecule has 2 unspecified atom stereocenters. The number of hydrogen-bond acceptors (Lipinski definition) is 3. The maximum absolute atomic E-state index is 12.1. The highest BCUT2D eigenvalue weighted by Gasteiger charge is 2.47. The maximum atomic E-state index is 12.1. The molecule has 0 radical (unpaired) electrons. The van der Waals surface area contributed by atoms with Gasteiger partial charge in [0, 0.05) is 18.3 Å². The molecule has 1 fully saturated rings. The van der Waals surface area contributed by atoms with E-state index >= 15 is 0 Å². The number of ether oxygens (including phenoxy) is 1. The lowest BCUT2D eigenvalue weighted by molar-refractivity contribution is -0.125. The quantitative estimate of drug-likeness (QED) is 0.813. The van der Waals surface area contributed by atoms with Gasteiger partial charge in [-0.1, -0.05) is 19.9 Å². The molecule has 1 saturated carbocycles. The van der Waals surface area contributed by atoms with Crippen LogP contribution in [0, 0.1) is 17.8 Å². The summed E-state index contributed by atoms with van der Waals surface area (Å²) in [6, 6.07) is 7.20. The molecule has 22 heavy (non-hydrogen) atoms. The summed E-state index contributed by atoms with van der Waals surface area (Å²) < 4.78 is 5.12. The molecule has 0 heterocycles. The molecule has 120 valence electrons. The van der Waals surface area contributed by atoms with Gasteiger partial charge in [0.15, 0.2) is 0 Å². The van der Waals surface area contributed by atoms with Crippen LogP contribution in [0.25, 0.3) is 0 Å². The Labute approximate surface area is 131 Å². The number of nitrogens with one attached hydrogen (secondary N) is 2. The molecule has 1 aromatic carbocycles. The van der Waals surface area contributed by atoms with Gasteiger partial charge in [-0.25, -0.2) is 0 Å². The Kier molecular flexibility index (Phi) is 5.41. The number of carbonyl (C=O) groups is 2. The molecule has 0 spiro atoms. The van der Waals surface area contributed by atoms with Gasteiger partial charge in [-0.15, -0.1) is 0 Å². The van der Waals surface area contributed by atoms with Crippen molar-refractivity contribution in [3.8, 4) is 5.75 Å². The largest absolute Gasteiger partial charge is 0.497 e. The van der Waals surface area contributed by atoms with Gasteiger partial charge in [0.2, 0.25) is 11.8 Å². The van der Waals surface area contributed by atoms with E-state index < -0.39 is 0 Å². The van der Waals surface area contributed by atoms with Crippen molar-refractivity contribution in [1.82, 2.24) is 5.32 Å². The van der Waals surface area contributed by atoms with E-state index in [1.807, 2.05) is 12.1 Å². The molecule has 2 N–H and O–H groups in total. The summed E-state index contributed by atoms with van der Waals surface area (Å²) in [4.78, 5) is 24.1. The third-order valence-electron chi connectivity index (χ3n) is 3.82. The number of methoxy groups -OCH3 is 1. The zero-order valence-corrected chi connectivity index (χ0v) is 13.4. The number of hydrogen-bond donors (Lipinski definition) is 2. The van der Waals surface area contributed by atoms with E-state index in [9.17, 15) is 9.59 Å². The predicted octanol–water partition coefficient (Wildman–Crippen LogP) is 2.43. The van der Waals surface area contributed by atoms with Crippen molar-refractivity contribution < 1.29 is 14.3 Å². The molecule has 0 aliphatic heterocycles. The molecule has 1 aliphatic carbocycles. The minimum absolute atomic E-state index is 0.00792. The van der Waals surface area contributed by atoms with Crippen molar-refractivity contribution in [2.24, 2.45) is 17.8 Å². The smallest absolute Gasteiger partial charge is 0.228 e. The average molecular weight is 304 g/mol. The molecular formula is C17H24N2O3. The first-order chi connectivity index (χ1) is 10.5. The Morgan fingerprint density at radius 3 is 2.68 bits per heavy atom. The van der Waals surface area contributed by atoms with Gasteiger partial charge in [-0.05, 0) is 30.9 Å². The lowest BCUT2D eigenvalue weighted by atomic mass is 10.1. The predicted molar refractivity (Wildman–Crippen MR) is 85.7 cm³/mol. The van der Waals surface area contributed by atoms with Crippen LogP contribution in [0.15, 0.2) is 24.3 Å². The highest BCUT2D eigenvalue weighted by molar-refractivity contribution is 5.99. The Bertz CT molecular complexity index is 542. The lowest BCUT2D eigenvalue weighted by Crippen LogP contribution is -2.28. The molecule has 2 rings (SSSR count). The maximum Gasteiger partial charge on any atom is 0.228 e. The van der Waals surface area contributed by atoms with Crippen molar-refractivity contribution in [1.29, 1.82) is 0 Å². The molecule has 1 aromatic rings. The van der Waals surface area contributed by atoms with Crippen LogP contribution in [-0.2, 0) is 9.59 Å². The number of carbonyl (C=O) groups excluding carboxylic acids is 2. The highest BCUT2D eigenvalue weighted by Crippen LogP contribution is 2.39. The minimum Gasteiger partial charge on any atom is -0.497 e. The number of benzene rings is 1. The Morgan fingerprint density at radius 2 is 2.00 bits per heavy atom. The second kappa shape index (κ2) is 7.29. The number of rotatable bonds is 7. The van der Waals surface area contributed by atoms with Crippen molar-refractivity contribution in [2.45, 2.75) is 26.7 Å². The Morgan fingerprint density at radius 1 is 1.27 bits per heavy atom. The number of anilines is 1. The van der Waals surface area contributed by atoms with Gasteiger partial charge in [0.25, 0.3) is 0 Å². The summed E-state index contributed by atoms with van der Waals surface area (Å²) in [5.41, 5.74) is 0.690. The van der Waals surface area contributed by atoms with E-state index in [2.05, 4.69) is 24.5 Å². The average Bonchev–Trinajstić information content (AvgIpc) is 3.27. The second-order valence-corrected chi connectivity index (χ2v) is 6.14. The zero-order valence-electron chi connectivity index (χ0n) is 13.4. The van der Waals surface area contributed by atoms with Gasteiger partial charge >= 0.3 is 0 Å². The molecule has 0 bridgehead atoms. The standard InChI is InChI=1S/C17H24N2O3/c1-11(2)7-8-18-16(20)14-10-15(14)17(21)19-12-5-4-6-13(9-12)22-3/h4-6,9,11,14-15H,7-8,10H2,1-3H3,(H,18,20)(H,19,21). The summed E-state index contributed by atoms with van der Waals surface area (Å²) in [5, 5.41) is 5.74. The molecule has 1 aliphatic rings. The van der Waals surface area contributed by atoms with E-state index in [1.54, 1.807) is 19.2 Å². The first kappa shape index (κ1) is 16.3. The number of amides is 2. The molecule has 5 heteroatoms. The molecule has 2 amide bonds. The van der Waals surface area contributed by atoms with Crippen LogP contribution >= 0.6 is 0 Å². The monoisotopic (exact) mass is 304 g/mol. The van der Waals surface area contributed by atoms with Gasteiger partial charge in [-0.3, -0.25) is 9.59 Å². The van der Waals surface area contributed by atoms with E-state index in [1.165, 1.54) is 0 Å². The second-order valence-electron chi connectivity index (χ2n) is 6.14. The van der Waals surface area contributed by atoms with Gasteiger partial charge in [0.1, 0.15) is 5.75 Å².